The van der Waals surface area contributed by atoms with Crippen molar-refractivity contribution in [3.05, 3.63) is 59.4 Å². The molecule has 4 nitrogen and oxygen atoms in total. The Balaban J connectivity index is 1.70. The summed E-state index contributed by atoms with van der Waals surface area (Å²) in [5.74, 6) is 7.30. The maximum absolute atomic E-state index is 12.8. The summed E-state index contributed by atoms with van der Waals surface area (Å²) in [4.78, 5) is 19.2. The van der Waals surface area contributed by atoms with Gasteiger partial charge < -0.3 is 9.64 Å². The first kappa shape index (κ1) is 16.7. The molecule has 1 fully saturated rings. The zero-order valence-electron chi connectivity index (χ0n) is 15.3. The maximum atomic E-state index is 12.8. The van der Waals surface area contributed by atoms with E-state index < -0.39 is 5.41 Å². The lowest BCUT2D eigenvalue weighted by atomic mass is 9.93. The first-order valence-electron chi connectivity index (χ1n) is 8.96. The van der Waals surface area contributed by atoms with Crippen LogP contribution in [-0.2, 0) is 4.79 Å². The summed E-state index contributed by atoms with van der Waals surface area (Å²) in [6.45, 7) is 6.50. The number of fused-ring (bicyclic) bond motifs is 4. The molecular weight excluding hydrogens is 324 g/mol. The van der Waals surface area contributed by atoms with Crippen LogP contribution in [0.5, 0.6) is 5.75 Å². The molecule has 0 radical (unpaired) electrons. The second-order valence-electron chi connectivity index (χ2n) is 7.92. The number of pyridine rings is 1. The van der Waals surface area contributed by atoms with E-state index in [4.69, 9.17) is 4.74 Å². The van der Waals surface area contributed by atoms with E-state index in [0.29, 0.717) is 6.54 Å². The van der Waals surface area contributed by atoms with Crippen molar-refractivity contribution in [3.8, 4) is 17.6 Å². The van der Waals surface area contributed by atoms with Crippen LogP contribution in [0.3, 0.4) is 0 Å². The molecule has 0 saturated carbocycles. The Morgan fingerprint density at radius 3 is 2.69 bits per heavy atom. The number of hydrogen-bond donors (Lipinski definition) is 0. The molecule has 1 amide bonds. The van der Waals surface area contributed by atoms with Crippen LogP contribution in [0.15, 0.2) is 42.7 Å². The van der Waals surface area contributed by atoms with Crippen molar-refractivity contribution in [2.75, 3.05) is 6.54 Å². The second-order valence-corrected chi connectivity index (χ2v) is 7.92. The molecule has 0 unspecified atom stereocenters. The predicted octanol–water partition coefficient (Wildman–Crippen LogP) is 3.56. The molecule has 2 aliphatic rings. The predicted molar refractivity (Wildman–Crippen MR) is 99.6 cm³/mol. The molecule has 132 valence electrons. The highest BCUT2D eigenvalue weighted by Crippen LogP contribution is 2.45. The third kappa shape index (κ3) is 2.94. The third-order valence-electron chi connectivity index (χ3n) is 4.85. The van der Waals surface area contributed by atoms with Gasteiger partial charge in [-0.1, -0.05) is 50.8 Å². The van der Waals surface area contributed by atoms with Gasteiger partial charge in [0.1, 0.15) is 11.9 Å². The Labute approximate surface area is 154 Å². The molecule has 1 saturated heterocycles. The van der Waals surface area contributed by atoms with Crippen molar-refractivity contribution in [2.45, 2.75) is 39.3 Å². The minimum Gasteiger partial charge on any atom is -0.487 e. The van der Waals surface area contributed by atoms with Crippen molar-refractivity contribution in [1.29, 1.82) is 0 Å². The molecule has 4 rings (SSSR count). The van der Waals surface area contributed by atoms with Crippen molar-refractivity contribution in [3.63, 3.8) is 0 Å². The van der Waals surface area contributed by atoms with Gasteiger partial charge in [-0.05, 0) is 12.1 Å². The number of aromatic nitrogens is 1. The number of nitrogens with zero attached hydrogens (tertiary/aromatic N) is 2. The summed E-state index contributed by atoms with van der Waals surface area (Å²) in [5.41, 5.74) is 2.30. The molecule has 4 heteroatoms. The van der Waals surface area contributed by atoms with Gasteiger partial charge >= 0.3 is 0 Å². The van der Waals surface area contributed by atoms with Crippen LogP contribution in [0.1, 0.15) is 49.9 Å². The van der Waals surface area contributed by atoms with Crippen molar-refractivity contribution >= 4 is 5.91 Å². The highest BCUT2D eigenvalue weighted by Gasteiger charge is 2.45. The standard InChI is InChI=1S/C22H22N2O2/c1-22(2,3)21(25)24-14-17-11-19(24)18-13-23-12-16(20(18)26-17)10-9-15-7-5-4-6-8-15/h4-8,12-13,17,19H,11,14H2,1-3H3/t17-,19-/m0/s1. The Kier molecular flexibility index (Phi) is 3.96. The summed E-state index contributed by atoms with van der Waals surface area (Å²) in [6.07, 6.45) is 4.41. The molecule has 2 aliphatic heterocycles. The van der Waals surface area contributed by atoms with Gasteiger partial charge in [0.15, 0.2) is 0 Å². The van der Waals surface area contributed by atoms with Crippen molar-refractivity contribution in [2.24, 2.45) is 5.41 Å². The highest BCUT2D eigenvalue weighted by atomic mass is 16.5. The fourth-order valence-electron chi connectivity index (χ4n) is 3.58. The maximum Gasteiger partial charge on any atom is 0.228 e. The van der Waals surface area contributed by atoms with E-state index in [1.54, 1.807) is 6.20 Å². The molecule has 1 aromatic carbocycles. The first-order chi connectivity index (χ1) is 12.4. The minimum absolute atomic E-state index is 0.0264. The van der Waals surface area contributed by atoms with Gasteiger partial charge in [-0.25, -0.2) is 0 Å². The number of amides is 1. The first-order valence-corrected chi connectivity index (χ1v) is 8.96. The largest absolute Gasteiger partial charge is 0.487 e. The van der Waals surface area contributed by atoms with Crippen LogP contribution < -0.4 is 4.74 Å². The molecule has 0 aliphatic carbocycles. The molecule has 0 spiro atoms. The Hall–Kier alpha value is -2.80. The van der Waals surface area contributed by atoms with Crippen molar-refractivity contribution in [1.82, 2.24) is 9.88 Å². The lowest BCUT2D eigenvalue weighted by Crippen LogP contribution is -2.39. The molecule has 2 atom stereocenters. The van der Waals surface area contributed by atoms with Gasteiger partial charge in [-0.2, -0.15) is 0 Å². The van der Waals surface area contributed by atoms with E-state index in [2.05, 4.69) is 16.8 Å². The van der Waals surface area contributed by atoms with Crippen LogP contribution in [0.4, 0.5) is 0 Å². The minimum atomic E-state index is -0.407. The Morgan fingerprint density at radius 1 is 1.19 bits per heavy atom. The second kappa shape index (κ2) is 6.17. The summed E-state index contributed by atoms with van der Waals surface area (Å²) < 4.78 is 6.20. The lowest BCUT2D eigenvalue weighted by molar-refractivity contribution is -0.140. The summed E-state index contributed by atoms with van der Waals surface area (Å²) >= 11 is 0. The van der Waals surface area contributed by atoms with Gasteiger partial charge in [-0.15, -0.1) is 0 Å². The quantitative estimate of drug-likeness (QED) is 0.685. The summed E-state index contributed by atoms with van der Waals surface area (Å²) in [5, 5.41) is 0. The molecule has 0 N–H and O–H groups in total. The summed E-state index contributed by atoms with van der Waals surface area (Å²) in [6, 6.07) is 9.89. The lowest BCUT2D eigenvalue weighted by Gasteiger charge is -2.31. The molecule has 3 heterocycles. The SMILES string of the molecule is CC(C)(C)C(=O)N1C[C@@H]2C[C@H]1c1cncc(C#Cc3ccccc3)c1O2. The van der Waals surface area contributed by atoms with Gasteiger partial charge in [0, 0.05) is 35.4 Å². The zero-order valence-corrected chi connectivity index (χ0v) is 15.3. The van der Waals surface area contributed by atoms with E-state index in [9.17, 15) is 4.79 Å². The normalized spacial score (nSPS) is 20.7. The van der Waals surface area contributed by atoms with E-state index in [0.717, 1.165) is 28.9 Å². The number of ether oxygens (including phenoxy) is 1. The molecule has 1 aromatic heterocycles. The molecule has 2 bridgehead atoms. The van der Waals surface area contributed by atoms with Crippen LogP contribution in [0.2, 0.25) is 0 Å². The van der Waals surface area contributed by atoms with Crippen molar-refractivity contribution < 1.29 is 9.53 Å². The zero-order chi connectivity index (χ0) is 18.3. The monoisotopic (exact) mass is 346 g/mol. The van der Waals surface area contributed by atoms with Crippen LogP contribution >= 0.6 is 0 Å². The fourth-order valence-corrected chi connectivity index (χ4v) is 3.58. The highest BCUT2D eigenvalue weighted by molar-refractivity contribution is 5.82. The molecule has 26 heavy (non-hydrogen) atoms. The van der Waals surface area contributed by atoms with Gasteiger partial charge in [-0.3, -0.25) is 9.78 Å². The van der Waals surface area contributed by atoms with Crippen LogP contribution in [0, 0.1) is 17.3 Å². The number of likely N-dealkylation sites (tertiary alicyclic amines) is 1. The third-order valence-corrected chi connectivity index (χ3v) is 4.85. The average molecular weight is 346 g/mol. The number of carbonyl (C=O) groups excluding carboxylic acids is 1. The van der Waals surface area contributed by atoms with Gasteiger partial charge in [0.2, 0.25) is 5.91 Å². The number of carbonyl (C=O) groups is 1. The van der Waals surface area contributed by atoms with Gasteiger partial charge in [0.05, 0.1) is 18.2 Å². The van der Waals surface area contributed by atoms with Crippen LogP contribution in [-0.4, -0.2) is 28.4 Å². The van der Waals surface area contributed by atoms with E-state index in [1.807, 2.05) is 62.2 Å². The number of rotatable bonds is 0. The number of benzene rings is 1. The fraction of sp³-hybridized carbons (Fsp3) is 0.364. The topological polar surface area (TPSA) is 42.4 Å². The van der Waals surface area contributed by atoms with E-state index in [1.165, 1.54) is 0 Å². The summed E-state index contributed by atoms with van der Waals surface area (Å²) in [7, 11) is 0. The Bertz CT molecular complexity index is 903. The number of hydrogen-bond acceptors (Lipinski definition) is 3. The molecule has 2 aromatic rings. The Morgan fingerprint density at radius 2 is 1.96 bits per heavy atom. The van der Waals surface area contributed by atoms with Crippen LogP contribution in [0.25, 0.3) is 0 Å². The smallest absolute Gasteiger partial charge is 0.228 e. The molecular formula is C22H22N2O2. The van der Waals surface area contributed by atoms with E-state index in [-0.39, 0.29) is 18.1 Å². The van der Waals surface area contributed by atoms with E-state index >= 15 is 0 Å². The van der Waals surface area contributed by atoms with Gasteiger partial charge in [0.25, 0.3) is 0 Å². The average Bonchev–Trinajstić information content (AvgIpc) is 2.97.